The molecule has 1 amide bonds. The summed E-state index contributed by atoms with van der Waals surface area (Å²) < 4.78 is 28.7. The van der Waals surface area contributed by atoms with Crippen molar-refractivity contribution in [2.24, 2.45) is 0 Å². The van der Waals surface area contributed by atoms with Gasteiger partial charge in [-0.2, -0.15) is 0 Å². The van der Waals surface area contributed by atoms with E-state index in [1.807, 2.05) is 19.1 Å². The first-order chi connectivity index (χ1) is 14.1. The van der Waals surface area contributed by atoms with Crippen LogP contribution in [0.4, 0.5) is 4.39 Å². The molecule has 6 nitrogen and oxygen atoms in total. The molecule has 29 heavy (non-hydrogen) atoms. The lowest BCUT2D eigenvalue weighted by molar-refractivity contribution is -0.148. The molecule has 0 heterocycles. The van der Waals surface area contributed by atoms with E-state index in [0.29, 0.717) is 38.3 Å². The Labute approximate surface area is 170 Å². The van der Waals surface area contributed by atoms with Gasteiger partial charge in [0.1, 0.15) is 17.3 Å². The van der Waals surface area contributed by atoms with Crippen molar-refractivity contribution in [3.8, 4) is 11.5 Å². The number of carbonyl (C=O) groups excluding carboxylic acids is 2. The van der Waals surface area contributed by atoms with Gasteiger partial charge in [0.15, 0.2) is 6.61 Å². The lowest BCUT2D eigenvalue weighted by Gasteiger charge is -2.08. The van der Waals surface area contributed by atoms with Crippen molar-refractivity contribution in [1.29, 1.82) is 0 Å². The third-order valence-corrected chi connectivity index (χ3v) is 3.94. The number of benzene rings is 2. The highest BCUT2D eigenvalue weighted by atomic mass is 19.1. The van der Waals surface area contributed by atoms with Gasteiger partial charge in [-0.05, 0) is 61.7 Å². The van der Waals surface area contributed by atoms with E-state index in [9.17, 15) is 14.0 Å². The van der Waals surface area contributed by atoms with E-state index in [0.717, 1.165) is 11.3 Å². The number of halogens is 1. The molecular formula is C22H26FNO5. The fourth-order valence-electron chi connectivity index (χ4n) is 2.47. The van der Waals surface area contributed by atoms with E-state index in [1.54, 1.807) is 24.3 Å². The minimum absolute atomic E-state index is 0.167. The molecule has 0 aromatic heterocycles. The lowest BCUT2D eigenvalue weighted by atomic mass is 10.1. The maximum atomic E-state index is 12.8. The van der Waals surface area contributed by atoms with Crippen molar-refractivity contribution in [1.82, 2.24) is 5.32 Å². The van der Waals surface area contributed by atoms with Crippen molar-refractivity contribution in [3.05, 3.63) is 59.9 Å². The number of ether oxygens (including phenoxy) is 3. The van der Waals surface area contributed by atoms with Crippen molar-refractivity contribution in [2.45, 2.75) is 26.2 Å². The molecule has 0 spiro atoms. The van der Waals surface area contributed by atoms with Gasteiger partial charge >= 0.3 is 5.97 Å². The van der Waals surface area contributed by atoms with Gasteiger partial charge in [-0.15, -0.1) is 0 Å². The third-order valence-electron chi connectivity index (χ3n) is 3.94. The second-order valence-electron chi connectivity index (χ2n) is 6.24. The number of hydrogen-bond donors (Lipinski definition) is 1. The van der Waals surface area contributed by atoms with Crippen molar-refractivity contribution >= 4 is 11.9 Å². The average Bonchev–Trinajstić information content (AvgIpc) is 2.72. The fourth-order valence-corrected chi connectivity index (χ4v) is 2.47. The van der Waals surface area contributed by atoms with Crippen LogP contribution >= 0.6 is 0 Å². The summed E-state index contributed by atoms with van der Waals surface area (Å²) in [5.41, 5.74) is 0.913. The van der Waals surface area contributed by atoms with E-state index in [4.69, 9.17) is 14.2 Å². The number of esters is 1. The Kier molecular flexibility index (Phi) is 9.48. The van der Waals surface area contributed by atoms with E-state index in [-0.39, 0.29) is 24.8 Å². The molecular weight excluding hydrogens is 377 g/mol. The first kappa shape index (κ1) is 22.2. The van der Waals surface area contributed by atoms with E-state index < -0.39 is 5.97 Å². The molecule has 156 valence electrons. The van der Waals surface area contributed by atoms with Gasteiger partial charge in [-0.1, -0.05) is 12.1 Å². The van der Waals surface area contributed by atoms with E-state index in [1.165, 1.54) is 12.1 Å². The van der Waals surface area contributed by atoms with Gasteiger partial charge in [-0.3, -0.25) is 9.59 Å². The molecule has 0 saturated heterocycles. The standard InChI is InChI=1S/C22H26FNO5/c1-2-27-19-9-11-20(12-10-19)28-15-3-4-22(26)29-16-21(25)24-14-13-17-5-7-18(23)8-6-17/h5-12H,2-4,13-16H2,1H3,(H,24,25). The highest BCUT2D eigenvalue weighted by Gasteiger charge is 2.07. The van der Waals surface area contributed by atoms with Crippen molar-refractivity contribution in [2.75, 3.05) is 26.4 Å². The Balaban J connectivity index is 1.52. The average molecular weight is 403 g/mol. The summed E-state index contributed by atoms with van der Waals surface area (Å²) >= 11 is 0. The Morgan fingerprint density at radius 3 is 2.28 bits per heavy atom. The predicted octanol–water partition coefficient (Wildman–Crippen LogP) is 3.29. The monoisotopic (exact) mass is 403 g/mol. The van der Waals surface area contributed by atoms with Gasteiger partial charge in [0.2, 0.25) is 0 Å². The zero-order valence-electron chi connectivity index (χ0n) is 16.5. The first-order valence-electron chi connectivity index (χ1n) is 9.59. The normalized spacial score (nSPS) is 10.3. The van der Waals surface area contributed by atoms with Crippen LogP contribution in [0.2, 0.25) is 0 Å². The van der Waals surface area contributed by atoms with Gasteiger partial charge < -0.3 is 19.5 Å². The van der Waals surface area contributed by atoms with Crippen molar-refractivity contribution in [3.63, 3.8) is 0 Å². The summed E-state index contributed by atoms with van der Waals surface area (Å²) in [6.45, 7) is 2.96. The Hall–Kier alpha value is -3.09. The molecule has 2 rings (SSSR count). The minimum Gasteiger partial charge on any atom is -0.494 e. The van der Waals surface area contributed by atoms with Gasteiger partial charge in [0, 0.05) is 13.0 Å². The van der Waals surface area contributed by atoms with Crippen molar-refractivity contribution < 1.29 is 28.2 Å². The summed E-state index contributed by atoms with van der Waals surface area (Å²) in [7, 11) is 0. The molecule has 0 aliphatic rings. The Morgan fingerprint density at radius 2 is 1.62 bits per heavy atom. The summed E-state index contributed by atoms with van der Waals surface area (Å²) in [5, 5.41) is 2.66. The molecule has 0 radical (unpaired) electrons. The zero-order valence-corrected chi connectivity index (χ0v) is 16.5. The van der Waals surface area contributed by atoms with Crippen LogP contribution < -0.4 is 14.8 Å². The molecule has 0 aliphatic heterocycles. The van der Waals surface area contributed by atoms with Crippen LogP contribution in [0.1, 0.15) is 25.3 Å². The van der Waals surface area contributed by atoms with Crippen LogP contribution in [-0.4, -0.2) is 38.2 Å². The summed E-state index contributed by atoms with van der Waals surface area (Å²) in [4.78, 5) is 23.4. The van der Waals surface area contributed by atoms with Crippen LogP contribution in [0.25, 0.3) is 0 Å². The maximum absolute atomic E-state index is 12.8. The van der Waals surface area contributed by atoms with Crippen LogP contribution in [0.5, 0.6) is 11.5 Å². The second-order valence-corrected chi connectivity index (χ2v) is 6.24. The molecule has 2 aromatic carbocycles. The molecule has 0 atom stereocenters. The maximum Gasteiger partial charge on any atom is 0.306 e. The van der Waals surface area contributed by atoms with Gasteiger partial charge in [0.25, 0.3) is 5.91 Å². The van der Waals surface area contributed by atoms with Crippen LogP contribution in [0, 0.1) is 5.82 Å². The number of amides is 1. The highest BCUT2D eigenvalue weighted by molar-refractivity contribution is 5.80. The molecule has 0 unspecified atom stereocenters. The SMILES string of the molecule is CCOc1ccc(OCCCC(=O)OCC(=O)NCCc2ccc(F)cc2)cc1. The van der Waals surface area contributed by atoms with Crippen LogP contribution in [0.3, 0.4) is 0 Å². The quantitative estimate of drug-likeness (QED) is 0.435. The van der Waals surface area contributed by atoms with Gasteiger partial charge in [-0.25, -0.2) is 4.39 Å². The minimum atomic E-state index is -0.450. The summed E-state index contributed by atoms with van der Waals surface area (Å²) in [6, 6.07) is 13.3. The molecule has 0 saturated carbocycles. The molecule has 0 bridgehead atoms. The first-order valence-corrected chi connectivity index (χ1v) is 9.59. The number of nitrogens with one attached hydrogen (secondary N) is 1. The molecule has 7 heteroatoms. The highest BCUT2D eigenvalue weighted by Crippen LogP contribution is 2.17. The van der Waals surface area contributed by atoms with E-state index >= 15 is 0 Å². The second kappa shape index (κ2) is 12.4. The topological polar surface area (TPSA) is 73.9 Å². The number of rotatable bonds is 12. The molecule has 0 fully saturated rings. The summed E-state index contributed by atoms with van der Waals surface area (Å²) in [5.74, 6) is 0.358. The smallest absolute Gasteiger partial charge is 0.306 e. The zero-order chi connectivity index (χ0) is 20.9. The number of hydrogen-bond acceptors (Lipinski definition) is 5. The predicted molar refractivity (Wildman–Crippen MR) is 106 cm³/mol. The van der Waals surface area contributed by atoms with Crippen LogP contribution in [0.15, 0.2) is 48.5 Å². The van der Waals surface area contributed by atoms with Crippen LogP contribution in [-0.2, 0) is 20.7 Å². The van der Waals surface area contributed by atoms with Gasteiger partial charge in [0.05, 0.1) is 13.2 Å². The Morgan fingerprint density at radius 1 is 0.966 bits per heavy atom. The lowest BCUT2D eigenvalue weighted by Crippen LogP contribution is -2.30. The largest absolute Gasteiger partial charge is 0.494 e. The molecule has 2 aromatic rings. The fraction of sp³-hybridized carbons (Fsp3) is 0.364. The Bertz CT molecular complexity index is 762. The molecule has 0 aliphatic carbocycles. The summed E-state index contributed by atoms with van der Waals surface area (Å²) in [6.07, 6.45) is 1.22. The number of carbonyl (C=O) groups is 2. The molecule has 1 N–H and O–H groups in total. The van der Waals surface area contributed by atoms with E-state index in [2.05, 4.69) is 5.32 Å². The third kappa shape index (κ3) is 9.10.